The molecule has 5 nitrogen and oxygen atoms in total. The van der Waals surface area contributed by atoms with Crippen LogP contribution < -0.4 is 10.9 Å². The Hall–Kier alpha value is -2.99. The molecule has 122 valence electrons. The summed E-state index contributed by atoms with van der Waals surface area (Å²) in [6.45, 7) is -0.0562. The Morgan fingerprint density at radius 2 is 1.88 bits per heavy atom. The number of aliphatic hydroxyl groups excluding tert-OH is 1. The topological polar surface area (TPSA) is 82.2 Å². The van der Waals surface area contributed by atoms with Gasteiger partial charge in [-0.25, -0.2) is 4.39 Å². The molecule has 2 aromatic carbocycles. The van der Waals surface area contributed by atoms with Crippen LogP contribution in [0.3, 0.4) is 0 Å². The van der Waals surface area contributed by atoms with E-state index in [2.05, 4.69) is 10.3 Å². The summed E-state index contributed by atoms with van der Waals surface area (Å²) in [5.41, 5.74) is 0.256. The molecular formula is C18H15FN2O3. The fourth-order valence-corrected chi connectivity index (χ4v) is 2.42. The van der Waals surface area contributed by atoms with Gasteiger partial charge in [-0.15, -0.1) is 0 Å². The van der Waals surface area contributed by atoms with Crippen LogP contribution in [0.1, 0.15) is 22.2 Å². The van der Waals surface area contributed by atoms with E-state index in [1.165, 1.54) is 24.3 Å². The largest absolute Gasteiger partial charge is 0.387 e. The average Bonchev–Trinajstić information content (AvgIpc) is 2.60. The number of hydrogen-bond acceptors (Lipinski definition) is 3. The van der Waals surface area contributed by atoms with Crippen molar-refractivity contribution in [2.24, 2.45) is 0 Å². The van der Waals surface area contributed by atoms with Crippen LogP contribution in [0.2, 0.25) is 0 Å². The number of H-pyrrole nitrogens is 1. The molecule has 0 aliphatic heterocycles. The van der Waals surface area contributed by atoms with Gasteiger partial charge in [-0.2, -0.15) is 0 Å². The Bertz CT molecular complexity index is 935. The molecule has 1 amide bonds. The highest BCUT2D eigenvalue weighted by molar-refractivity contribution is 5.96. The molecule has 0 spiro atoms. The summed E-state index contributed by atoms with van der Waals surface area (Å²) in [4.78, 5) is 26.7. The second kappa shape index (κ2) is 6.64. The molecule has 0 saturated carbocycles. The van der Waals surface area contributed by atoms with E-state index in [1.807, 2.05) is 0 Å². The number of carbonyl (C=O) groups is 1. The maximum atomic E-state index is 12.9. The minimum Gasteiger partial charge on any atom is -0.387 e. The van der Waals surface area contributed by atoms with E-state index in [-0.39, 0.29) is 17.8 Å². The van der Waals surface area contributed by atoms with Crippen molar-refractivity contribution in [3.05, 3.63) is 82.0 Å². The summed E-state index contributed by atoms with van der Waals surface area (Å²) in [7, 11) is 0. The summed E-state index contributed by atoms with van der Waals surface area (Å²) >= 11 is 0. The van der Waals surface area contributed by atoms with Crippen LogP contribution in [0, 0.1) is 5.82 Å². The Kier molecular flexibility index (Phi) is 4.39. The summed E-state index contributed by atoms with van der Waals surface area (Å²) in [6.07, 6.45) is -0.971. The molecule has 0 fully saturated rings. The molecule has 1 aromatic heterocycles. The zero-order valence-corrected chi connectivity index (χ0v) is 12.6. The van der Waals surface area contributed by atoms with Gasteiger partial charge in [0, 0.05) is 11.9 Å². The van der Waals surface area contributed by atoms with Gasteiger partial charge < -0.3 is 15.4 Å². The predicted octanol–water partition coefficient (Wildman–Crippen LogP) is 2.13. The van der Waals surface area contributed by atoms with E-state index >= 15 is 0 Å². The van der Waals surface area contributed by atoms with Crippen LogP contribution in [0.15, 0.2) is 59.4 Å². The molecule has 1 unspecified atom stereocenters. The second-order valence-electron chi connectivity index (χ2n) is 5.38. The third kappa shape index (κ3) is 3.33. The molecule has 0 aliphatic rings. The molecule has 3 aromatic rings. The van der Waals surface area contributed by atoms with Gasteiger partial charge in [0.1, 0.15) is 11.5 Å². The Balaban J connectivity index is 1.73. The van der Waals surface area contributed by atoms with Gasteiger partial charge in [0.15, 0.2) is 0 Å². The van der Waals surface area contributed by atoms with E-state index in [9.17, 15) is 19.1 Å². The lowest BCUT2D eigenvalue weighted by Gasteiger charge is -2.12. The molecule has 0 radical (unpaired) electrons. The molecule has 3 rings (SSSR count). The average molecular weight is 326 g/mol. The zero-order chi connectivity index (χ0) is 17.1. The van der Waals surface area contributed by atoms with Crippen LogP contribution in [-0.4, -0.2) is 22.5 Å². The molecule has 3 N–H and O–H groups in total. The highest BCUT2D eigenvalue weighted by Crippen LogP contribution is 2.13. The van der Waals surface area contributed by atoms with Gasteiger partial charge in [0.25, 0.3) is 11.5 Å². The lowest BCUT2D eigenvalue weighted by atomic mass is 10.1. The van der Waals surface area contributed by atoms with Gasteiger partial charge in [0.2, 0.25) is 0 Å². The van der Waals surface area contributed by atoms with Crippen molar-refractivity contribution in [2.75, 3.05) is 6.54 Å². The fourth-order valence-electron chi connectivity index (χ4n) is 2.42. The van der Waals surface area contributed by atoms with Gasteiger partial charge >= 0.3 is 0 Å². The fraction of sp³-hybridized carbons (Fsp3) is 0.111. The summed E-state index contributed by atoms with van der Waals surface area (Å²) in [5.74, 6) is -0.900. The number of halogens is 1. The third-order valence-corrected chi connectivity index (χ3v) is 3.71. The van der Waals surface area contributed by atoms with Crippen LogP contribution in [0.4, 0.5) is 4.39 Å². The Labute approximate surface area is 136 Å². The number of amides is 1. The van der Waals surface area contributed by atoms with Crippen LogP contribution in [0.25, 0.3) is 10.8 Å². The zero-order valence-electron chi connectivity index (χ0n) is 12.6. The van der Waals surface area contributed by atoms with E-state index in [4.69, 9.17) is 0 Å². The summed E-state index contributed by atoms with van der Waals surface area (Å²) < 4.78 is 12.9. The molecule has 0 bridgehead atoms. The molecule has 1 atom stereocenters. The first-order valence-corrected chi connectivity index (χ1v) is 7.38. The smallest absolute Gasteiger partial charge is 0.267 e. The number of aromatic amines is 1. The van der Waals surface area contributed by atoms with Crippen LogP contribution in [-0.2, 0) is 0 Å². The van der Waals surface area contributed by atoms with Crippen molar-refractivity contribution in [3.63, 3.8) is 0 Å². The standard InChI is InChI=1S/C18H15FN2O3/c19-13-7-5-11(6-8-13)16(22)10-20-18(24)15-9-12-3-1-2-4-14(12)17(23)21-15/h1-9,16,22H,10H2,(H,20,24)(H,21,23). The number of hydrogen-bond donors (Lipinski definition) is 3. The van der Waals surface area contributed by atoms with Gasteiger partial charge in [0.05, 0.1) is 6.10 Å². The number of rotatable bonds is 4. The number of pyridine rings is 1. The molecule has 0 saturated heterocycles. The Morgan fingerprint density at radius 3 is 2.62 bits per heavy atom. The number of carbonyl (C=O) groups excluding carboxylic acids is 1. The van der Waals surface area contributed by atoms with Gasteiger partial charge in [-0.1, -0.05) is 30.3 Å². The van der Waals surface area contributed by atoms with Crippen molar-refractivity contribution < 1.29 is 14.3 Å². The SMILES string of the molecule is O=C(NCC(O)c1ccc(F)cc1)c1cc2ccccc2c(=O)[nH]1. The minimum atomic E-state index is -0.971. The van der Waals surface area contributed by atoms with E-state index < -0.39 is 17.8 Å². The van der Waals surface area contributed by atoms with Crippen molar-refractivity contribution in [1.29, 1.82) is 0 Å². The first-order valence-electron chi connectivity index (χ1n) is 7.38. The minimum absolute atomic E-state index is 0.0562. The van der Waals surface area contributed by atoms with Gasteiger partial charge in [-0.05, 0) is 35.2 Å². The molecule has 0 aliphatic carbocycles. The van der Waals surface area contributed by atoms with E-state index in [0.29, 0.717) is 16.3 Å². The number of nitrogens with one attached hydrogen (secondary N) is 2. The van der Waals surface area contributed by atoms with E-state index in [0.717, 1.165) is 0 Å². The number of fused-ring (bicyclic) bond motifs is 1. The molecular weight excluding hydrogens is 311 g/mol. The highest BCUT2D eigenvalue weighted by Gasteiger charge is 2.13. The monoisotopic (exact) mass is 326 g/mol. The number of benzene rings is 2. The first-order chi connectivity index (χ1) is 11.5. The second-order valence-corrected chi connectivity index (χ2v) is 5.38. The van der Waals surface area contributed by atoms with Crippen LogP contribution >= 0.6 is 0 Å². The summed E-state index contributed by atoms with van der Waals surface area (Å²) in [6, 6.07) is 13.9. The normalized spacial score (nSPS) is 12.1. The number of aliphatic hydroxyl groups is 1. The quantitative estimate of drug-likeness (QED) is 0.687. The lowest BCUT2D eigenvalue weighted by Crippen LogP contribution is -2.30. The highest BCUT2D eigenvalue weighted by atomic mass is 19.1. The summed E-state index contributed by atoms with van der Waals surface area (Å²) in [5, 5.41) is 13.7. The van der Waals surface area contributed by atoms with Gasteiger partial charge in [-0.3, -0.25) is 9.59 Å². The van der Waals surface area contributed by atoms with Crippen molar-refractivity contribution in [2.45, 2.75) is 6.10 Å². The maximum Gasteiger partial charge on any atom is 0.267 e. The maximum absolute atomic E-state index is 12.9. The van der Waals surface area contributed by atoms with Crippen LogP contribution in [0.5, 0.6) is 0 Å². The predicted molar refractivity (Wildman–Crippen MR) is 88.3 cm³/mol. The van der Waals surface area contributed by atoms with Crippen molar-refractivity contribution in [3.8, 4) is 0 Å². The van der Waals surface area contributed by atoms with Crippen molar-refractivity contribution in [1.82, 2.24) is 10.3 Å². The number of aromatic nitrogens is 1. The lowest BCUT2D eigenvalue weighted by molar-refractivity contribution is 0.0911. The molecule has 6 heteroatoms. The van der Waals surface area contributed by atoms with E-state index in [1.54, 1.807) is 30.3 Å². The molecule has 1 heterocycles. The molecule has 24 heavy (non-hydrogen) atoms. The van der Waals surface area contributed by atoms with Crippen molar-refractivity contribution >= 4 is 16.7 Å². The Morgan fingerprint density at radius 1 is 1.17 bits per heavy atom. The third-order valence-electron chi connectivity index (χ3n) is 3.71. The first kappa shape index (κ1) is 15.9.